The van der Waals surface area contributed by atoms with Gasteiger partial charge < -0.3 is 19.5 Å². The number of rotatable bonds is 8. The van der Waals surface area contributed by atoms with E-state index in [0.717, 1.165) is 29.9 Å². The van der Waals surface area contributed by atoms with Crippen LogP contribution in [0.1, 0.15) is 57.6 Å². The number of hydrogen-bond donors (Lipinski definition) is 1. The predicted molar refractivity (Wildman–Crippen MR) is 126 cm³/mol. The first-order chi connectivity index (χ1) is 16.0. The van der Waals surface area contributed by atoms with Gasteiger partial charge in [-0.05, 0) is 61.9 Å². The van der Waals surface area contributed by atoms with Crippen LogP contribution < -0.4 is 10.1 Å². The van der Waals surface area contributed by atoms with Crippen molar-refractivity contribution in [3.63, 3.8) is 0 Å². The number of nitrogens with zero attached hydrogens (tertiary/aromatic N) is 2. The van der Waals surface area contributed by atoms with E-state index in [1.807, 2.05) is 25.7 Å². The fourth-order valence-electron chi connectivity index (χ4n) is 4.04. The second kappa shape index (κ2) is 10.2. The Morgan fingerprint density at radius 1 is 1.30 bits per heavy atom. The summed E-state index contributed by atoms with van der Waals surface area (Å²) in [6.07, 6.45) is 2.27. The largest absolute Gasteiger partial charge is 0.489 e. The highest BCUT2D eigenvalue weighted by atomic mass is 32.1. The molecule has 0 aliphatic carbocycles. The van der Waals surface area contributed by atoms with Crippen LogP contribution in [0.5, 0.6) is 5.75 Å². The Morgan fingerprint density at radius 2 is 2.15 bits per heavy atom. The zero-order valence-electron chi connectivity index (χ0n) is 19.2. The van der Waals surface area contributed by atoms with E-state index in [1.54, 1.807) is 35.6 Å². The molecule has 7 nitrogen and oxygen atoms in total. The molecule has 1 aromatic carbocycles. The lowest BCUT2D eigenvalue weighted by Gasteiger charge is -2.31. The highest BCUT2D eigenvalue weighted by molar-refractivity contribution is 7.10. The molecule has 0 bridgehead atoms. The van der Waals surface area contributed by atoms with E-state index in [0.29, 0.717) is 37.4 Å². The lowest BCUT2D eigenvalue weighted by atomic mass is 10.1. The molecule has 1 aliphatic rings. The van der Waals surface area contributed by atoms with Crippen LogP contribution in [0.15, 0.2) is 40.2 Å². The maximum Gasteiger partial charge on any atom is 0.252 e. The number of carbonyl (C=O) groups excluding carboxylic acids is 2. The van der Waals surface area contributed by atoms with E-state index >= 15 is 0 Å². The molecular formula is C25H29N3O4S. The molecule has 0 spiro atoms. The van der Waals surface area contributed by atoms with Gasteiger partial charge in [0.25, 0.3) is 5.91 Å². The summed E-state index contributed by atoms with van der Waals surface area (Å²) in [6.45, 7) is 7.33. The molecule has 33 heavy (non-hydrogen) atoms. The van der Waals surface area contributed by atoms with E-state index in [4.69, 9.17) is 9.26 Å². The van der Waals surface area contributed by atoms with Crippen molar-refractivity contribution in [3.8, 4) is 5.75 Å². The molecule has 0 saturated carbocycles. The van der Waals surface area contributed by atoms with Gasteiger partial charge in [0.2, 0.25) is 5.91 Å². The van der Waals surface area contributed by atoms with Crippen LogP contribution >= 0.6 is 11.3 Å². The van der Waals surface area contributed by atoms with E-state index in [1.165, 1.54) is 10.4 Å². The number of aryl methyl sites for hydroxylation is 2. The maximum atomic E-state index is 13.2. The molecule has 1 N–H and O–H groups in total. The van der Waals surface area contributed by atoms with Gasteiger partial charge in [0.05, 0.1) is 11.3 Å². The third-order valence-corrected chi connectivity index (χ3v) is 6.98. The molecule has 2 amide bonds. The van der Waals surface area contributed by atoms with Gasteiger partial charge in [-0.2, -0.15) is 0 Å². The fraction of sp³-hybridized carbons (Fsp3) is 0.400. The number of nitrogens with one attached hydrogen (secondary N) is 1. The summed E-state index contributed by atoms with van der Waals surface area (Å²) in [5, 5.41) is 8.96. The number of hydrogen-bond acceptors (Lipinski definition) is 6. The Kier molecular flexibility index (Phi) is 7.13. The number of fused-ring (bicyclic) bond motifs is 1. The molecule has 1 atom stereocenters. The van der Waals surface area contributed by atoms with Crippen molar-refractivity contribution in [2.75, 3.05) is 6.54 Å². The molecule has 3 aromatic rings. The standard InChI is InChI=1S/C25H29N3O4S/c1-4-6-22(25(30)28-11-9-23-19(14-28)10-12-33-23)26-24(29)18-7-5-8-20(13-18)31-15-21-16(2)27-32-17(21)3/h5,7-8,10,12-13,22H,4,6,9,11,14-15H2,1-3H3,(H,26,29). The van der Waals surface area contributed by atoms with E-state index in [2.05, 4.69) is 21.9 Å². The Morgan fingerprint density at radius 3 is 2.91 bits per heavy atom. The average molecular weight is 468 g/mol. The minimum atomic E-state index is -0.547. The van der Waals surface area contributed by atoms with Gasteiger partial charge in [-0.1, -0.05) is 24.6 Å². The SMILES string of the molecule is CCCC(NC(=O)c1cccc(OCc2c(C)noc2C)c1)C(=O)N1CCc2sccc2C1. The van der Waals surface area contributed by atoms with Gasteiger partial charge in [-0.15, -0.1) is 11.3 Å². The molecule has 3 heterocycles. The fourth-order valence-corrected chi connectivity index (χ4v) is 4.92. The maximum absolute atomic E-state index is 13.2. The highest BCUT2D eigenvalue weighted by Crippen LogP contribution is 2.25. The molecule has 1 aliphatic heterocycles. The number of benzene rings is 1. The number of thiophene rings is 1. The van der Waals surface area contributed by atoms with Gasteiger partial charge in [-0.25, -0.2) is 0 Å². The summed E-state index contributed by atoms with van der Waals surface area (Å²) in [4.78, 5) is 29.4. The normalized spacial score (nSPS) is 14.0. The molecular weight excluding hydrogens is 438 g/mol. The van der Waals surface area contributed by atoms with Crippen LogP contribution in [0.3, 0.4) is 0 Å². The summed E-state index contributed by atoms with van der Waals surface area (Å²) < 4.78 is 11.0. The van der Waals surface area contributed by atoms with Crippen molar-refractivity contribution >= 4 is 23.2 Å². The van der Waals surface area contributed by atoms with Crippen LogP contribution in [0.2, 0.25) is 0 Å². The van der Waals surface area contributed by atoms with Gasteiger partial charge in [0.1, 0.15) is 24.2 Å². The number of carbonyl (C=O) groups is 2. The van der Waals surface area contributed by atoms with Crippen LogP contribution in [0.4, 0.5) is 0 Å². The van der Waals surface area contributed by atoms with Crippen molar-refractivity contribution in [2.24, 2.45) is 0 Å². The second-order valence-corrected chi connectivity index (χ2v) is 9.31. The summed E-state index contributed by atoms with van der Waals surface area (Å²) in [5.41, 5.74) is 3.35. The summed E-state index contributed by atoms with van der Waals surface area (Å²) in [7, 11) is 0. The van der Waals surface area contributed by atoms with Gasteiger partial charge in [0, 0.05) is 23.5 Å². The van der Waals surface area contributed by atoms with Gasteiger partial charge in [-0.3, -0.25) is 9.59 Å². The number of aromatic nitrogens is 1. The van der Waals surface area contributed by atoms with Crippen molar-refractivity contribution in [1.29, 1.82) is 0 Å². The monoisotopic (exact) mass is 467 g/mol. The van der Waals surface area contributed by atoms with E-state index in [9.17, 15) is 9.59 Å². The van der Waals surface area contributed by atoms with Crippen LogP contribution in [0.25, 0.3) is 0 Å². The number of amides is 2. The lowest BCUT2D eigenvalue weighted by Crippen LogP contribution is -2.49. The first-order valence-electron chi connectivity index (χ1n) is 11.3. The van der Waals surface area contributed by atoms with Crippen LogP contribution in [-0.4, -0.2) is 34.5 Å². The average Bonchev–Trinajstić information content (AvgIpc) is 3.42. The number of ether oxygens (including phenoxy) is 1. The molecule has 1 unspecified atom stereocenters. The van der Waals surface area contributed by atoms with Crippen LogP contribution in [0, 0.1) is 13.8 Å². The Balaban J connectivity index is 1.41. The second-order valence-electron chi connectivity index (χ2n) is 8.31. The molecule has 0 fully saturated rings. The summed E-state index contributed by atoms with van der Waals surface area (Å²) in [6, 6.07) is 8.53. The zero-order valence-corrected chi connectivity index (χ0v) is 20.0. The van der Waals surface area contributed by atoms with Crippen molar-refractivity contribution in [3.05, 3.63) is 68.7 Å². The first-order valence-corrected chi connectivity index (χ1v) is 12.1. The minimum absolute atomic E-state index is 0.0205. The Bertz CT molecular complexity index is 1120. The summed E-state index contributed by atoms with van der Waals surface area (Å²) in [5.74, 6) is 0.988. The molecule has 0 saturated heterocycles. The quantitative estimate of drug-likeness (QED) is 0.530. The smallest absolute Gasteiger partial charge is 0.252 e. The first kappa shape index (κ1) is 23.0. The van der Waals surface area contributed by atoms with Gasteiger partial charge >= 0.3 is 0 Å². The van der Waals surface area contributed by atoms with Crippen molar-refractivity contribution in [2.45, 2.75) is 59.2 Å². The van der Waals surface area contributed by atoms with Crippen molar-refractivity contribution < 1.29 is 18.8 Å². The molecule has 174 valence electrons. The van der Waals surface area contributed by atoms with Crippen molar-refractivity contribution in [1.82, 2.24) is 15.4 Å². The van der Waals surface area contributed by atoms with E-state index in [-0.39, 0.29) is 11.8 Å². The van der Waals surface area contributed by atoms with E-state index < -0.39 is 6.04 Å². The third-order valence-electron chi connectivity index (χ3n) is 5.96. The highest BCUT2D eigenvalue weighted by Gasteiger charge is 2.28. The third kappa shape index (κ3) is 5.27. The topological polar surface area (TPSA) is 84.7 Å². The Labute approximate surface area is 197 Å². The molecule has 2 aromatic heterocycles. The zero-order chi connectivity index (χ0) is 23.4. The Hall–Kier alpha value is -3.13. The summed E-state index contributed by atoms with van der Waals surface area (Å²) >= 11 is 1.74. The minimum Gasteiger partial charge on any atom is -0.489 e. The molecule has 8 heteroatoms. The van der Waals surface area contributed by atoms with Crippen LogP contribution in [-0.2, 0) is 24.4 Å². The lowest BCUT2D eigenvalue weighted by molar-refractivity contribution is -0.134. The predicted octanol–water partition coefficient (Wildman–Crippen LogP) is 4.42. The molecule has 4 rings (SSSR count). The molecule has 0 radical (unpaired) electrons. The van der Waals surface area contributed by atoms with Gasteiger partial charge in [0.15, 0.2) is 0 Å².